The SMILES string of the molecule is Cc1nc2c(-c3ccc(Cl)cc3F)nc(N3CCN(C(=O)[C@@H]4C[C@H]4C(F)F)CC3)cn2c(=O)c1C. The van der Waals surface area contributed by atoms with Gasteiger partial charge in [-0.15, -0.1) is 0 Å². The molecule has 184 valence electrons. The number of anilines is 1. The summed E-state index contributed by atoms with van der Waals surface area (Å²) in [6.07, 6.45) is -0.675. The summed E-state index contributed by atoms with van der Waals surface area (Å²) in [4.78, 5) is 38.3. The number of amides is 1. The number of halogens is 4. The Kier molecular flexibility index (Phi) is 5.94. The van der Waals surface area contributed by atoms with Crippen LogP contribution in [0.25, 0.3) is 16.9 Å². The summed E-state index contributed by atoms with van der Waals surface area (Å²) in [6, 6.07) is 4.21. The molecule has 2 aromatic heterocycles. The van der Waals surface area contributed by atoms with Crippen LogP contribution in [0.5, 0.6) is 0 Å². The molecule has 1 amide bonds. The minimum Gasteiger partial charge on any atom is -0.352 e. The number of nitrogens with zero attached hydrogens (tertiary/aromatic N) is 5. The molecular formula is C24H23ClF3N5O2. The Morgan fingerprint density at radius 2 is 1.86 bits per heavy atom. The molecule has 3 aromatic rings. The molecule has 1 aromatic carbocycles. The number of hydrogen-bond acceptors (Lipinski definition) is 5. The van der Waals surface area contributed by atoms with Crippen molar-refractivity contribution in [2.24, 2.45) is 11.8 Å². The number of piperazine rings is 1. The van der Waals surface area contributed by atoms with Crippen molar-refractivity contribution in [3.8, 4) is 11.3 Å². The largest absolute Gasteiger partial charge is 0.352 e. The number of aromatic nitrogens is 3. The van der Waals surface area contributed by atoms with E-state index in [0.717, 1.165) is 0 Å². The van der Waals surface area contributed by atoms with E-state index in [2.05, 4.69) is 9.97 Å². The molecule has 35 heavy (non-hydrogen) atoms. The highest BCUT2D eigenvalue weighted by Crippen LogP contribution is 2.44. The number of alkyl halides is 2. The van der Waals surface area contributed by atoms with Gasteiger partial charge in [-0.3, -0.25) is 14.0 Å². The first-order chi connectivity index (χ1) is 16.7. The van der Waals surface area contributed by atoms with Crippen molar-refractivity contribution in [1.82, 2.24) is 19.3 Å². The van der Waals surface area contributed by atoms with E-state index in [4.69, 9.17) is 11.6 Å². The van der Waals surface area contributed by atoms with Gasteiger partial charge in [-0.05, 0) is 38.5 Å². The first kappa shape index (κ1) is 23.6. The Morgan fingerprint density at radius 1 is 1.14 bits per heavy atom. The van der Waals surface area contributed by atoms with Crippen molar-refractivity contribution >= 4 is 29.0 Å². The fourth-order valence-electron chi connectivity index (χ4n) is 4.51. The van der Waals surface area contributed by atoms with Crippen LogP contribution in [-0.4, -0.2) is 57.8 Å². The van der Waals surface area contributed by atoms with Crippen LogP contribution < -0.4 is 10.5 Å². The summed E-state index contributed by atoms with van der Waals surface area (Å²) in [5, 5.41) is 0.231. The second kappa shape index (κ2) is 8.82. The Labute approximate surface area is 204 Å². The zero-order chi connectivity index (χ0) is 25.0. The van der Waals surface area contributed by atoms with Gasteiger partial charge in [0.05, 0.1) is 6.20 Å². The van der Waals surface area contributed by atoms with Gasteiger partial charge in [0.2, 0.25) is 12.3 Å². The highest BCUT2D eigenvalue weighted by molar-refractivity contribution is 6.30. The summed E-state index contributed by atoms with van der Waals surface area (Å²) in [7, 11) is 0. The maximum Gasteiger partial charge on any atom is 0.261 e. The summed E-state index contributed by atoms with van der Waals surface area (Å²) < 4.78 is 42.0. The maximum atomic E-state index is 14.9. The summed E-state index contributed by atoms with van der Waals surface area (Å²) >= 11 is 5.93. The summed E-state index contributed by atoms with van der Waals surface area (Å²) in [5.74, 6) is -1.85. The lowest BCUT2D eigenvalue weighted by Gasteiger charge is -2.35. The van der Waals surface area contributed by atoms with Gasteiger partial charge in [-0.1, -0.05) is 11.6 Å². The van der Waals surface area contributed by atoms with Crippen molar-refractivity contribution in [2.45, 2.75) is 26.7 Å². The number of carbonyl (C=O) groups is 1. The highest BCUT2D eigenvalue weighted by atomic mass is 35.5. The molecule has 0 N–H and O–H groups in total. The molecule has 11 heteroatoms. The Balaban J connectivity index is 1.49. The normalized spacial score (nSPS) is 20.1. The van der Waals surface area contributed by atoms with E-state index >= 15 is 0 Å². The van der Waals surface area contributed by atoms with Gasteiger partial charge in [-0.2, -0.15) is 0 Å². The van der Waals surface area contributed by atoms with Crippen molar-refractivity contribution in [3.63, 3.8) is 0 Å². The highest BCUT2D eigenvalue weighted by Gasteiger charge is 2.50. The third-order valence-electron chi connectivity index (χ3n) is 6.85. The Bertz CT molecular complexity index is 1390. The average molecular weight is 506 g/mol. The third kappa shape index (κ3) is 4.24. The van der Waals surface area contributed by atoms with Crippen LogP contribution in [0.2, 0.25) is 5.02 Å². The minimum absolute atomic E-state index is 0.157. The lowest BCUT2D eigenvalue weighted by Crippen LogP contribution is -2.49. The molecule has 7 nitrogen and oxygen atoms in total. The zero-order valence-electron chi connectivity index (χ0n) is 19.1. The maximum absolute atomic E-state index is 14.9. The van der Waals surface area contributed by atoms with Crippen LogP contribution >= 0.6 is 11.6 Å². The second-order valence-electron chi connectivity index (χ2n) is 9.05. The van der Waals surface area contributed by atoms with E-state index in [9.17, 15) is 22.8 Å². The molecule has 0 bridgehead atoms. The van der Waals surface area contributed by atoms with E-state index in [1.807, 2.05) is 4.90 Å². The minimum atomic E-state index is -2.47. The van der Waals surface area contributed by atoms with Crippen LogP contribution in [0.15, 0.2) is 29.2 Å². The molecule has 0 radical (unpaired) electrons. The molecule has 0 spiro atoms. The second-order valence-corrected chi connectivity index (χ2v) is 9.48. The van der Waals surface area contributed by atoms with Crippen LogP contribution in [0, 0.1) is 31.5 Å². The van der Waals surface area contributed by atoms with Gasteiger partial charge in [-0.25, -0.2) is 23.1 Å². The Morgan fingerprint density at radius 3 is 2.49 bits per heavy atom. The Hall–Kier alpha value is -3.14. The van der Waals surface area contributed by atoms with Crippen LogP contribution in [0.4, 0.5) is 19.0 Å². The van der Waals surface area contributed by atoms with Gasteiger partial charge >= 0.3 is 0 Å². The lowest BCUT2D eigenvalue weighted by atomic mass is 10.1. The van der Waals surface area contributed by atoms with Gasteiger partial charge in [0.25, 0.3) is 5.56 Å². The third-order valence-corrected chi connectivity index (χ3v) is 7.08. The number of benzene rings is 1. The summed E-state index contributed by atoms with van der Waals surface area (Å²) in [6.45, 7) is 4.86. The standard InChI is InChI=1S/C24H23ClF3N5O2/c1-12-13(2)29-22-20(15-4-3-14(25)9-18(15)26)30-19(11-33(22)23(12)34)31-5-7-32(8-6-31)24(35)17-10-16(17)21(27)28/h3-4,9,11,16-17,21H,5-8,10H2,1-2H3/t16-,17-/m1/s1. The number of fused-ring (bicyclic) bond motifs is 1. The molecule has 1 saturated heterocycles. The quantitative estimate of drug-likeness (QED) is 0.540. The number of carbonyl (C=O) groups excluding carboxylic acids is 1. The molecule has 2 aliphatic rings. The van der Waals surface area contributed by atoms with Crippen LogP contribution in [0.3, 0.4) is 0 Å². The molecule has 1 saturated carbocycles. The van der Waals surface area contributed by atoms with E-state index < -0.39 is 24.1 Å². The van der Waals surface area contributed by atoms with Crippen molar-refractivity contribution < 1.29 is 18.0 Å². The summed E-state index contributed by atoms with van der Waals surface area (Å²) in [5.41, 5.74) is 1.29. The predicted octanol–water partition coefficient (Wildman–Crippen LogP) is 3.72. The van der Waals surface area contributed by atoms with Gasteiger partial charge in [0, 0.05) is 59.9 Å². The monoisotopic (exact) mass is 505 g/mol. The first-order valence-electron chi connectivity index (χ1n) is 11.3. The zero-order valence-corrected chi connectivity index (χ0v) is 19.9. The molecule has 2 atom stereocenters. The van der Waals surface area contributed by atoms with Crippen molar-refractivity contribution in [3.05, 3.63) is 56.8 Å². The molecule has 2 fully saturated rings. The molecule has 0 unspecified atom stereocenters. The molecule has 1 aliphatic carbocycles. The number of hydrogen-bond donors (Lipinski definition) is 0. The fourth-order valence-corrected chi connectivity index (χ4v) is 4.66. The number of rotatable bonds is 4. The van der Waals surface area contributed by atoms with E-state index in [0.29, 0.717) is 43.3 Å². The van der Waals surface area contributed by atoms with Gasteiger partial charge in [0.1, 0.15) is 17.3 Å². The van der Waals surface area contributed by atoms with Crippen LogP contribution in [0.1, 0.15) is 17.7 Å². The van der Waals surface area contributed by atoms with Crippen molar-refractivity contribution in [1.29, 1.82) is 0 Å². The van der Waals surface area contributed by atoms with E-state index in [-0.39, 0.29) is 39.8 Å². The van der Waals surface area contributed by atoms with Gasteiger partial charge < -0.3 is 9.80 Å². The van der Waals surface area contributed by atoms with E-state index in [1.54, 1.807) is 31.0 Å². The average Bonchev–Trinajstić information content (AvgIpc) is 3.64. The smallest absolute Gasteiger partial charge is 0.261 e. The molecule has 1 aliphatic heterocycles. The number of aryl methyl sites for hydroxylation is 1. The fraction of sp³-hybridized carbons (Fsp3) is 0.417. The predicted molar refractivity (Wildman–Crippen MR) is 126 cm³/mol. The van der Waals surface area contributed by atoms with Crippen molar-refractivity contribution in [2.75, 3.05) is 31.1 Å². The molecular weight excluding hydrogens is 483 g/mol. The van der Waals surface area contributed by atoms with E-state index in [1.165, 1.54) is 16.5 Å². The topological polar surface area (TPSA) is 70.8 Å². The first-order valence-corrected chi connectivity index (χ1v) is 11.7. The lowest BCUT2D eigenvalue weighted by molar-refractivity contribution is -0.133. The van der Waals surface area contributed by atoms with Gasteiger partial charge in [0.15, 0.2) is 5.65 Å². The molecule has 3 heterocycles. The molecule has 5 rings (SSSR count). The van der Waals surface area contributed by atoms with Crippen LogP contribution in [-0.2, 0) is 4.79 Å².